The number of nitrogens with one attached hydrogen (secondary N) is 2. The molecule has 0 saturated heterocycles. The van der Waals surface area contributed by atoms with E-state index in [1.165, 1.54) is 0 Å². The fourth-order valence-corrected chi connectivity index (χ4v) is 3.34. The lowest BCUT2D eigenvalue weighted by molar-refractivity contribution is -0.116. The zero-order valence-corrected chi connectivity index (χ0v) is 17.0. The van der Waals surface area contributed by atoms with Crippen LogP contribution >= 0.6 is 0 Å². The van der Waals surface area contributed by atoms with Crippen molar-refractivity contribution < 1.29 is 13.9 Å². The van der Waals surface area contributed by atoms with Crippen molar-refractivity contribution in [1.82, 2.24) is 15.2 Å². The van der Waals surface area contributed by atoms with Crippen molar-refractivity contribution in [3.05, 3.63) is 84.1 Å². The first-order valence-corrected chi connectivity index (χ1v) is 9.85. The fraction of sp³-hybridized carbons (Fsp3) is 0.0870. The third kappa shape index (κ3) is 3.79. The number of amides is 1. The lowest BCUT2D eigenvalue weighted by atomic mass is 10.0. The molecule has 9 heteroatoms. The second-order valence-corrected chi connectivity index (χ2v) is 6.92. The molecule has 0 radical (unpaired) electrons. The van der Waals surface area contributed by atoms with Gasteiger partial charge in [0.1, 0.15) is 11.4 Å². The van der Waals surface area contributed by atoms with E-state index in [0.29, 0.717) is 22.8 Å². The third-order valence-corrected chi connectivity index (χ3v) is 4.87. The van der Waals surface area contributed by atoms with Crippen LogP contribution in [0.2, 0.25) is 0 Å². The molecular formula is C23H18N6O3. The van der Waals surface area contributed by atoms with E-state index >= 15 is 0 Å². The van der Waals surface area contributed by atoms with Gasteiger partial charge in [-0.1, -0.05) is 53.6 Å². The molecule has 2 aromatic carbocycles. The van der Waals surface area contributed by atoms with E-state index in [2.05, 4.69) is 25.8 Å². The Kier molecular flexibility index (Phi) is 5.04. The minimum atomic E-state index is -0.982. The van der Waals surface area contributed by atoms with Crippen molar-refractivity contribution in [2.24, 2.45) is 4.99 Å². The SMILES string of the molecule is COc1ccnc(-c2nnc(N[C@H]3N=C(c4ccccc4)c4ccccc4NC3=O)o2)c1. The van der Waals surface area contributed by atoms with E-state index in [1.807, 2.05) is 54.6 Å². The number of methoxy groups -OCH3 is 1. The van der Waals surface area contributed by atoms with Gasteiger partial charge >= 0.3 is 6.01 Å². The summed E-state index contributed by atoms with van der Waals surface area (Å²) in [5.41, 5.74) is 3.51. The minimum absolute atomic E-state index is 0.0480. The van der Waals surface area contributed by atoms with Crippen molar-refractivity contribution in [1.29, 1.82) is 0 Å². The number of aliphatic imine (C=N–C) groups is 1. The standard InChI is InChI=1S/C23H18N6O3/c1-31-15-11-12-24-18(13-15)22-28-29-23(32-22)27-20-21(30)25-17-10-6-5-9-16(17)19(26-20)14-7-3-2-4-8-14/h2-13,20H,1H3,(H,25,30)(H,27,29)/t20-/m1/s1. The number of aromatic nitrogens is 3. The van der Waals surface area contributed by atoms with E-state index in [4.69, 9.17) is 14.1 Å². The van der Waals surface area contributed by atoms with Gasteiger partial charge in [0, 0.05) is 23.4 Å². The maximum absolute atomic E-state index is 12.9. The number of carbonyl (C=O) groups excluding carboxylic acids is 1. The highest BCUT2D eigenvalue weighted by atomic mass is 16.5. The zero-order valence-electron chi connectivity index (χ0n) is 17.0. The Balaban J connectivity index is 1.48. The van der Waals surface area contributed by atoms with Crippen LogP contribution in [0.1, 0.15) is 11.1 Å². The Labute approximate surface area is 183 Å². The molecule has 0 spiro atoms. The first kappa shape index (κ1) is 19.4. The summed E-state index contributed by atoms with van der Waals surface area (Å²) in [7, 11) is 1.56. The number of benzene rings is 2. The average molecular weight is 426 g/mol. The third-order valence-electron chi connectivity index (χ3n) is 4.87. The highest BCUT2D eigenvalue weighted by Crippen LogP contribution is 2.26. The molecule has 3 heterocycles. The predicted molar refractivity (Wildman–Crippen MR) is 119 cm³/mol. The van der Waals surface area contributed by atoms with Crippen LogP contribution in [0.15, 0.2) is 82.3 Å². The highest BCUT2D eigenvalue weighted by molar-refractivity contribution is 6.19. The van der Waals surface area contributed by atoms with E-state index in [1.54, 1.807) is 25.4 Å². The molecule has 32 heavy (non-hydrogen) atoms. The molecular weight excluding hydrogens is 408 g/mol. The number of fused-ring (bicyclic) bond motifs is 1. The number of anilines is 2. The summed E-state index contributed by atoms with van der Waals surface area (Å²) in [5.74, 6) is 0.458. The quantitative estimate of drug-likeness (QED) is 0.503. The van der Waals surface area contributed by atoms with Gasteiger partial charge in [-0.3, -0.25) is 9.78 Å². The minimum Gasteiger partial charge on any atom is -0.497 e. The molecule has 0 aliphatic carbocycles. The van der Waals surface area contributed by atoms with Crippen LogP contribution in [0.3, 0.4) is 0 Å². The second-order valence-electron chi connectivity index (χ2n) is 6.92. The van der Waals surface area contributed by atoms with E-state index in [-0.39, 0.29) is 17.8 Å². The van der Waals surface area contributed by atoms with Crippen LogP contribution in [-0.2, 0) is 4.79 Å². The number of hydrogen-bond acceptors (Lipinski definition) is 8. The summed E-state index contributed by atoms with van der Waals surface area (Å²) >= 11 is 0. The number of rotatable bonds is 5. The van der Waals surface area contributed by atoms with Gasteiger partial charge in [-0.2, -0.15) is 0 Å². The topological polar surface area (TPSA) is 115 Å². The van der Waals surface area contributed by atoms with Crippen molar-refractivity contribution in [3.8, 4) is 17.3 Å². The smallest absolute Gasteiger partial charge is 0.317 e. The number of hydrogen-bond donors (Lipinski definition) is 2. The van der Waals surface area contributed by atoms with Gasteiger partial charge in [0.15, 0.2) is 0 Å². The van der Waals surface area contributed by atoms with Gasteiger partial charge in [0.2, 0.25) is 6.17 Å². The largest absolute Gasteiger partial charge is 0.497 e. The Morgan fingerprint density at radius 2 is 1.84 bits per heavy atom. The van der Waals surface area contributed by atoms with Crippen molar-refractivity contribution in [3.63, 3.8) is 0 Å². The molecule has 4 aromatic rings. The van der Waals surface area contributed by atoms with Crippen LogP contribution in [0.5, 0.6) is 5.75 Å². The summed E-state index contributed by atoms with van der Waals surface area (Å²) in [6.45, 7) is 0. The summed E-state index contributed by atoms with van der Waals surface area (Å²) in [6, 6.07) is 20.6. The molecule has 1 atom stereocenters. The predicted octanol–water partition coefficient (Wildman–Crippen LogP) is 3.37. The summed E-state index contributed by atoms with van der Waals surface area (Å²) in [5, 5.41) is 13.8. The maximum Gasteiger partial charge on any atom is 0.317 e. The first-order valence-electron chi connectivity index (χ1n) is 9.85. The number of para-hydroxylation sites is 1. The van der Waals surface area contributed by atoms with Crippen molar-refractivity contribution in [2.75, 3.05) is 17.7 Å². The Hall–Kier alpha value is -4.53. The number of pyridine rings is 1. The molecule has 2 aromatic heterocycles. The molecule has 1 aliphatic heterocycles. The van der Waals surface area contributed by atoms with Gasteiger partial charge in [-0.15, -0.1) is 5.10 Å². The molecule has 0 saturated carbocycles. The Bertz CT molecular complexity index is 1300. The van der Waals surface area contributed by atoms with E-state index in [0.717, 1.165) is 11.1 Å². The van der Waals surface area contributed by atoms with E-state index in [9.17, 15) is 4.79 Å². The maximum atomic E-state index is 12.9. The normalized spacial score (nSPS) is 15.2. The molecule has 2 N–H and O–H groups in total. The van der Waals surface area contributed by atoms with Gasteiger partial charge in [-0.25, -0.2) is 4.99 Å². The van der Waals surface area contributed by atoms with Crippen LogP contribution < -0.4 is 15.4 Å². The number of carbonyl (C=O) groups is 1. The molecule has 1 amide bonds. The number of nitrogens with zero attached hydrogens (tertiary/aromatic N) is 4. The summed E-state index contributed by atoms with van der Waals surface area (Å²) in [4.78, 5) is 21.8. The average Bonchev–Trinajstić information content (AvgIpc) is 3.26. The van der Waals surface area contributed by atoms with Crippen LogP contribution in [0.25, 0.3) is 11.6 Å². The summed E-state index contributed by atoms with van der Waals surface area (Å²) < 4.78 is 10.9. The van der Waals surface area contributed by atoms with Gasteiger partial charge in [0.25, 0.3) is 11.8 Å². The number of ether oxygens (including phenoxy) is 1. The molecule has 1 aliphatic rings. The summed E-state index contributed by atoms with van der Waals surface area (Å²) in [6.07, 6.45) is 0.599. The van der Waals surface area contributed by atoms with Crippen LogP contribution in [0, 0.1) is 0 Å². The highest BCUT2D eigenvalue weighted by Gasteiger charge is 2.27. The van der Waals surface area contributed by atoms with Crippen molar-refractivity contribution in [2.45, 2.75) is 6.17 Å². The second kappa shape index (κ2) is 8.31. The lowest BCUT2D eigenvalue weighted by Crippen LogP contribution is -2.32. The lowest BCUT2D eigenvalue weighted by Gasteiger charge is -2.11. The molecule has 9 nitrogen and oxygen atoms in total. The fourth-order valence-electron chi connectivity index (χ4n) is 3.34. The molecule has 158 valence electrons. The van der Waals surface area contributed by atoms with Crippen LogP contribution in [-0.4, -0.2) is 40.1 Å². The van der Waals surface area contributed by atoms with Gasteiger partial charge in [-0.05, 0) is 12.1 Å². The Morgan fingerprint density at radius 1 is 1.03 bits per heavy atom. The molecule has 0 unspecified atom stereocenters. The molecule has 5 rings (SSSR count). The zero-order chi connectivity index (χ0) is 21.9. The van der Waals surface area contributed by atoms with Crippen molar-refractivity contribution >= 4 is 23.3 Å². The molecule has 0 fully saturated rings. The van der Waals surface area contributed by atoms with Gasteiger partial charge < -0.3 is 19.8 Å². The molecule has 0 bridgehead atoms. The first-order chi connectivity index (χ1) is 15.7. The monoisotopic (exact) mass is 426 g/mol. The van der Waals surface area contributed by atoms with Crippen LogP contribution in [0.4, 0.5) is 11.7 Å². The van der Waals surface area contributed by atoms with E-state index < -0.39 is 6.17 Å². The number of benzodiazepines with no additional fused rings is 1. The van der Waals surface area contributed by atoms with Gasteiger partial charge in [0.05, 0.1) is 18.5 Å². The Morgan fingerprint density at radius 3 is 2.69 bits per heavy atom.